The average Bonchev–Trinajstić information content (AvgIpc) is 3.27. The smallest absolute Gasteiger partial charge is 0.269 e. The molecule has 0 spiro atoms. The highest BCUT2D eigenvalue weighted by Gasteiger charge is 2.34. The van der Waals surface area contributed by atoms with Crippen molar-refractivity contribution in [3.63, 3.8) is 0 Å². The number of nitrogens with two attached hydrogens (primary N) is 1. The second kappa shape index (κ2) is 21.8. The van der Waals surface area contributed by atoms with Crippen LogP contribution in [0.3, 0.4) is 0 Å². The number of methoxy groups -OCH3 is 1. The van der Waals surface area contributed by atoms with E-state index in [0.29, 0.717) is 22.7 Å². The summed E-state index contributed by atoms with van der Waals surface area (Å²) in [6.45, 7) is 8.63. The Balaban J connectivity index is 1.21. The third-order valence-electron chi connectivity index (χ3n) is 9.42. The number of primary amides is 1. The molecule has 19 heteroatoms. The monoisotopic (exact) mass is 901 g/mol. The summed E-state index contributed by atoms with van der Waals surface area (Å²) in [6.07, 6.45) is -2.17. The summed E-state index contributed by atoms with van der Waals surface area (Å²) in [4.78, 5) is 101. The molecule has 0 heterocycles. The zero-order chi connectivity index (χ0) is 48.2. The number of nitrogens with zero attached hydrogens (tertiary/aromatic N) is 1. The summed E-state index contributed by atoms with van der Waals surface area (Å²) in [5, 5.41) is 24.1. The average molecular weight is 902 g/mol. The molecule has 0 bridgehead atoms. The first-order valence-corrected chi connectivity index (χ1v) is 20.3. The minimum Gasteiger partial charge on any atom is -0.489 e. The zero-order valence-electron chi connectivity index (χ0n) is 36.6. The number of nitro groups is 1. The molecule has 0 aliphatic heterocycles. The lowest BCUT2D eigenvalue weighted by molar-refractivity contribution is -0.384. The van der Waals surface area contributed by atoms with Crippen LogP contribution in [-0.2, 0) is 14.3 Å². The van der Waals surface area contributed by atoms with Gasteiger partial charge in [0.25, 0.3) is 35.2 Å². The Hall–Kier alpha value is -8.45. The van der Waals surface area contributed by atoms with Gasteiger partial charge in [-0.15, -0.1) is 0 Å². The fourth-order valence-electron chi connectivity index (χ4n) is 6.18. The maximum atomic E-state index is 13.4. The van der Waals surface area contributed by atoms with Crippen molar-refractivity contribution in [3.05, 3.63) is 147 Å². The predicted molar refractivity (Wildman–Crippen MR) is 244 cm³/mol. The van der Waals surface area contributed by atoms with Gasteiger partial charge >= 0.3 is 0 Å². The molecule has 0 aromatic heterocycles. The summed E-state index contributed by atoms with van der Waals surface area (Å²) >= 11 is 0. The normalized spacial score (nSPS) is 11.7. The third-order valence-corrected chi connectivity index (χ3v) is 9.42. The first kappa shape index (κ1) is 48.6. The Morgan fingerprint density at radius 3 is 1.42 bits per heavy atom. The van der Waals surface area contributed by atoms with Crippen LogP contribution < -0.4 is 41.8 Å². The molecule has 19 nitrogen and oxygen atoms in total. The van der Waals surface area contributed by atoms with E-state index in [-0.39, 0.29) is 63.1 Å². The van der Waals surface area contributed by atoms with E-state index in [1.54, 1.807) is 32.0 Å². The topological polar surface area (TPSA) is 276 Å². The lowest BCUT2D eigenvalue weighted by Gasteiger charge is -2.24. The van der Waals surface area contributed by atoms with Crippen LogP contribution in [0.2, 0.25) is 0 Å². The number of non-ortho nitro benzene ring substituents is 1. The molecule has 5 aromatic rings. The lowest BCUT2D eigenvalue weighted by atomic mass is 10.1. The van der Waals surface area contributed by atoms with Crippen LogP contribution in [-0.4, -0.2) is 77.6 Å². The first-order chi connectivity index (χ1) is 31.3. The summed E-state index contributed by atoms with van der Waals surface area (Å²) < 4.78 is 17.1. The van der Waals surface area contributed by atoms with Crippen molar-refractivity contribution in [2.75, 3.05) is 28.4 Å². The van der Waals surface area contributed by atoms with Gasteiger partial charge in [-0.1, -0.05) is 0 Å². The van der Waals surface area contributed by atoms with E-state index >= 15 is 0 Å². The Morgan fingerprint density at radius 1 is 0.561 bits per heavy atom. The minimum absolute atomic E-state index is 0.0446. The quantitative estimate of drug-likeness (QED) is 0.0300. The number of Topliss-reactive ketones (excluding diaryl/α,β-unsaturated/α-hetero) is 1. The molecule has 2 unspecified atom stereocenters. The van der Waals surface area contributed by atoms with Crippen LogP contribution >= 0.6 is 0 Å². The fraction of sp³-hybridized carbons (Fsp3) is 0.213. The van der Waals surface area contributed by atoms with Crippen molar-refractivity contribution in [2.24, 2.45) is 5.73 Å². The number of carbonyl (C=O) groups excluding carboxylic acids is 7. The zero-order valence-corrected chi connectivity index (χ0v) is 36.6. The number of ketones is 1. The summed E-state index contributed by atoms with van der Waals surface area (Å²) in [7, 11) is 1.15. The standard InChI is InChI=1S/C47H47N7O12/c1-25(2)65-38-23-31(27(5)55)13-21-36(38)52-46(60)32-14-22-37(39(24-32)66-26(3)4)51-44(58)28-7-17-34(18-8-28)50-47(61)41(64-6)40(42(48)56)53-45(59)29-9-15-33(16-10-29)49-43(57)30-11-19-35(20-12-30)54(62)63/h7-26,40-41H,1-6H3,(H2,48,56)(H,49,57)(H,50,61)(H,51,58)(H,52,60)(H,53,59). The second-order valence-electron chi connectivity index (χ2n) is 15.1. The molecule has 5 rings (SSSR count). The number of anilines is 4. The van der Waals surface area contributed by atoms with Gasteiger partial charge in [-0.3, -0.25) is 43.7 Å². The number of benzene rings is 5. The largest absolute Gasteiger partial charge is 0.489 e. The van der Waals surface area contributed by atoms with Crippen molar-refractivity contribution in [1.82, 2.24) is 5.32 Å². The van der Waals surface area contributed by atoms with Crippen molar-refractivity contribution >= 4 is 69.7 Å². The van der Waals surface area contributed by atoms with Gasteiger partial charge in [0.2, 0.25) is 5.91 Å². The summed E-state index contributed by atoms with van der Waals surface area (Å²) in [5.74, 6) is -3.94. The first-order valence-electron chi connectivity index (χ1n) is 20.3. The van der Waals surface area contributed by atoms with E-state index in [2.05, 4.69) is 26.6 Å². The van der Waals surface area contributed by atoms with Gasteiger partial charge in [-0.25, -0.2) is 0 Å². The van der Waals surface area contributed by atoms with Gasteiger partial charge in [0, 0.05) is 58.4 Å². The molecular formula is C47H47N7O12. The van der Waals surface area contributed by atoms with Crippen LogP contribution in [0.4, 0.5) is 28.4 Å². The lowest BCUT2D eigenvalue weighted by Crippen LogP contribution is -2.56. The van der Waals surface area contributed by atoms with E-state index in [1.807, 2.05) is 13.8 Å². The molecular weight excluding hydrogens is 855 g/mol. The number of nitrogens with one attached hydrogen (secondary N) is 5. The highest BCUT2D eigenvalue weighted by atomic mass is 16.6. The van der Waals surface area contributed by atoms with E-state index in [1.165, 1.54) is 97.9 Å². The molecule has 0 radical (unpaired) electrons. The van der Waals surface area contributed by atoms with E-state index in [0.717, 1.165) is 7.11 Å². The predicted octanol–water partition coefficient (Wildman–Crippen LogP) is 6.37. The highest BCUT2D eigenvalue weighted by Crippen LogP contribution is 2.31. The van der Waals surface area contributed by atoms with Crippen LogP contribution in [0.1, 0.15) is 86.4 Å². The summed E-state index contributed by atoms with van der Waals surface area (Å²) in [6, 6.07) is 23.8. The van der Waals surface area contributed by atoms with Gasteiger partial charge in [0.15, 0.2) is 11.9 Å². The Bertz CT molecular complexity index is 2650. The van der Waals surface area contributed by atoms with Crippen molar-refractivity contribution < 1.29 is 52.7 Å². The number of nitro benzene ring substituents is 1. The molecule has 0 aliphatic carbocycles. The molecule has 6 amide bonds. The van der Waals surface area contributed by atoms with Crippen LogP contribution in [0.15, 0.2) is 109 Å². The molecule has 66 heavy (non-hydrogen) atoms. The molecule has 0 aliphatic rings. The number of hydrogen-bond donors (Lipinski definition) is 6. The maximum Gasteiger partial charge on any atom is 0.269 e. The Kier molecular flexibility index (Phi) is 16.0. The van der Waals surface area contributed by atoms with Gasteiger partial charge in [0.05, 0.1) is 28.5 Å². The van der Waals surface area contributed by atoms with Crippen LogP contribution in [0, 0.1) is 10.1 Å². The van der Waals surface area contributed by atoms with E-state index < -0.39 is 52.5 Å². The second-order valence-corrected chi connectivity index (χ2v) is 15.1. The number of hydrogen-bond acceptors (Lipinski definition) is 12. The van der Waals surface area contributed by atoms with Gasteiger partial charge < -0.3 is 46.5 Å². The molecule has 5 aromatic carbocycles. The van der Waals surface area contributed by atoms with Gasteiger partial charge in [0.1, 0.15) is 17.5 Å². The fourth-order valence-corrected chi connectivity index (χ4v) is 6.18. The molecule has 0 saturated heterocycles. The number of carbonyl (C=O) groups is 7. The number of amides is 6. The van der Waals surface area contributed by atoms with Crippen molar-refractivity contribution in [1.29, 1.82) is 0 Å². The Labute approximate surface area is 378 Å². The van der Waals surface area contributed by atoms with Crippen molar-refractivity contribution in [3.8, 4) is 11.5 Å². The number of ether oxygens (including phenoxy) is 3. The third kappa shape index (κ3) is 12.8. The van der Waals surface area contributed by atoms with Gasteiger partial charge in [-0.2, -0.15) is 0 Å². The minimum atomic E-state index is -1.63. The molecule has 0 fully saturated rings. The molecule has 342 valence electrons. The van der Waals surface area contributed by atoms with Crippen LogP contribution in [0.5, 0.6) is 11.5 Å². The van der Waals surface area contributed by atoms with E-state index in [9.17, 15) is 43.7 Å². The SMILES string of the molecule is COC(C(=O)Nc1ccc(C(=O)Nc2ccc(C(=O)Nc3ccc(C(C)=O)cc3OC(C)C)cc2OC(C)C)cc1)C(NC(=O)c1ccc(NC(=O)c2ccc([N+](=O)[O-])cc2)cc1)C(N)=O. The van der Waals surface area contributed by atoms with E-state index in [4.69, 9.17) is 19.9 Å². The number of rotatable bonds is 19. The molecule has 2 atom stereocenters. The summed E-state index contributed by atoms with van der Waals surface area (Å²) in [5.41, 5.74) is 7.55. The van der Waals surface area contributed by atoms with Gasteiger partial charge in [-0.05, 0) is 132 Å². The highest BCUT2D eigenvalue weighted by molar-refractivity contribution is 6.09. The molecule has 7 N–H and O–H groups in total. The molecule has 0 saturated carbocycles. The van der Waals surface area contributed by atoms with Crippen molar-refractivity contribution in [2.45, 2.75) is 59.0 Å². The Morgan fingerprint density at radius 2 is 0.970 bits per heavy atom. The maximum absolute atomic E-state index is 13.4. The van der Waals surface area contributed by atoms with Crippen LogP contribution in [0.25, 0.3) is 0 Å².